The maximum Gasteiger partial charge on any atom is 0.0221 e. The molecule has 0 aromatic rings. The van der Waals surface area contributed by atoms with E-state index in [4.69, 9.17) is 0 Å². The second-order valence-electron chi connectivity index (χ2n) is 5.16. The van der Waals surface area contributed by atoms with Crippen LogP contribution in [-0.2, 0) is 0 Å². The molecule has 1 fully saturated rings. The highest BCUT2D eigenvalue weighted by Gasteiger charge is 2.25. The third-order valence-electron chi connectivity index (χ3n) is 3.78. The Morgan fingerprint density at radius 1 is 1.12 bits per heavy atom. The monoisotopic (exact) mass is 226 g/mol. The van der Waals surface area contributed by atoms with Gasteiger partial charge in [-0.1, -0.05) is 40.0 Å². The molecule has 0 saturated carbocycles. The van der Waals surface area contributed by atoms with E-state index in [1.807, 2.05) is 0 Å². The Balaban J connectivity index is 2.37. The zero-order valence-electron chi connectivity index (χ0n) is 11.5. The van der Waals surface area contributed by atoms with Crippen LogP contribution in [0.4, 0.5) is 0 Å². The van der Waals surface area contributed by atoms with E-state index in [0.29, 0.717) is 0 Å². The fourth-order valence-electron chi connectivity index (χ4n) is 2.66. The highest BCUT2D eigenvalue weighted by atomic mass is 15.2. The highest BCUT2D eigenvalue weighted by Crippen LogP contribution is 2.14. The Morgan fingerprint density at radius 2 is 1.94 bits per heavy atom. The quantitative estimate of drug-likeness (QED) is 0.671. The van der Waals surface area contributed by atoms with E-state index in [1.165, 1.54) is 58.2 Å². The van der Waals surface area contributed by atoms with Crippen molar-refractivity contribution in [2.24, 2.45) is 0 Å². The van der Waals surface area contributed by atoms with Crippen LogP contribution in [0, 0.1) is 0 Å². The smallest absolute Gasteiger partial charge is 0.0221 e. The van der Waals surface area contributed by atoms with Gasteiger partial charge in [-0.3, -0.25) is 4.90 Å². The van der Waals surface area contributed by atoms with Crippen LogP contribution in [0.15, 0.2) is 0 Å². The number of rotatable bonds is 7. The number of piperazine rings is 1. The normalized spacial score (nSPS) is 27.2. The van der Waals surface area contributed by atoms with Gasteiger partial charge < -0.3 is 5.32 Å². The van der Waals surface area contributed by atoms with Crippen molar-refractivity contribution >= 4 is 0 Å². The third-order valence-corrected chi connectivity index (χ3v) is 3.78. The van der Waals surface area contributed by atoms with Crippen LogP contribution in [0.25, 0.3) is 0 Å². The van der Waals surface area contributed by atoms with Crippen LogP contribution >= 0.6 is 0 Å². The van der Waals surface area contributed by atoms with Crippen LogP contribution in [0.2, 0.25) is 0 Å². The first kappa shape index (κ1) is 14.0. The molecule has 16 heavy (non-hydrogen) atoms. The Kier molecular flexibility index (Phi) is 7.06. The van der Waals surface area contributed by atoms with Crippen molar-refractivity contribution in [2.75, 3.05) is 19.6 Å². The molecule has 1 heterocycles. The molecule has 0 bridgehead atoms. The van der Waals surface area contributed by atoms with Crippen molar-refractivity contribution < 1.29 is 0 Å². The molecule has 96 valence electrons. The van der Waals surface area contributed by atoms with Crippen molar-refractivity contribution in [2.45, 2.75) is 71.4 Å². The molecule has 0 radical (unpaired) electrons. The lowest BCUT2D eigenvalue weighted by Crippen LogP contribution is -2.56. The molecule has 1 N–H and O–H groups in total. The molecule has 1 aliphatic heterocycles. The molecule has 2 nitrogen and oxygen atoms in total. The van der Waals surface area contributed by atoms with Gasteiger partial charge in [0.1, 0.15) is 0 Å². The van der Waals surface area contributed by atoms with Gasteiger partial charge in [0.05, 0.1) is 0 Å². The summed E-state index contributed by atoms with van der Waals surface area (Å²) in [5.74, 6) is 0. The van der Waals surface area contributed by atoms with Gasteiger partial charge in [0.2, 0.25) is 0 Å². The average molecular weight is 226 g/mol. The molecule has 1 saturated heterocycles. The fourth-order valence-corrected chi connectivity index (χ4v) is 2.66. The summed E-state index contributed by atoms with van der Waals surface area (Å²) >= 11 is 0. The molecule has 1 aliphatic rings. The molecule has 0 spiro atoms. The van der Waals surface area contributed by atoms with E-state index in [9.17, 15) is 0 Å². The molecule has 0 amide bonds. The van der Waals surface area contributed by atoms with Gasteiger partial charge in [-0.2, -0.15) is 0 Å². The van der Waals surface area contributed by atoms with E-state index in [0.717, 1.165) is 12.1 Å². The summed E-state index contributed by atoms with van der Waals surface area (Å²) in [7, 11) is 0. The predicted molar refractivity (Wildman–Crippen MR) is 71.9 cm³/mol. The first-order valence-electron chi connectivity index (χ1n) is 7.29. The lowest BCUT2D eigenvalue weighted by molar-refractivity contribution is 0.119. The summed E-state index contributed by atoms with van der Waals surface area (Å²) in [5.41, 5.74) is 0. The molecule has 2 unspecified atom stereocenters. The van der Waals surface area contributed by atoms with Crippen molar-refractivity contribution in [3.05, 3.63) is 0 Å². The van der Waals surface area contributed by atoms with Crippen molar-refractivity contribution in [1.82, 2.24) is 10.2 Å². The first-order chi connectivity index (χ1) is 7.81. The second kappa shape index (κ2) is 8.08. The summed E-state index contributed by atoms with van der Waals surface area (Å²) < 4.78 is 0. The van der Waals surface area contributed by atoms with Gasteiger partial charge in [-0.15, -0.1) is 0 Å². The summed E-state index contributed by atoms with van der Waals surface area (Å²) in [6.45, 7) is 10.7. The highest BCUT2D eigenvalue weighted by molar-refractivity contribution is 4.85. The summed E-state index contributed by atoms with van der Waals surface area (Å²) in [5, 5.41) is 3.68. The summed E-state index contributed by atoms with van der Waals surface area (Å²) in [6, 6.07) is 1.53. The standard InChI is InChI=1S/C14H30N2/c1-4-7-8-10-16-12-13(6-3)15-11-14(16)9-5-2/h13-15H,4-12H2,1-3H3. The van der Waals surface area contributed by atoms with Gasteiger partial charge in [0.15, 0.2) is 0 Å². The van der Waals surface area contributed by atoms with Crippen molar-refractivity contribution in [3.63, 3.8) is 0 Å². The molecular weight excluding hydrogens is 196 g/mol. The molecule has 0 aromatic carbocycles. The van der Waals surface area contributed by atoms with E-state index in [2.05, 4.69) is 31.0 Å². The topological polar surface area (TPSA) is 15.3 Å². The number of nitrogens with zero attached hydrogens (tertiary/aromatic N) is 1. The minimum Gasteiger partial charge on any atom is -0.311 e. The lowest BCUT2D eigenvalue weighted by Gasteiger charge is -2.40. The Labute approximate surface area is 102 Å². The predicted octanol–water partition coefficient (Wildman–Crippen LogP) is 3.03. The maximum absolute atomic E-state index is 3.68. The van der Waals surface area contributed by atoms with E-state index < -0.39 is 0 Å². The molecule has 0 aromatic heterocycles. The zero-order valence-corrected chi connectivity index (χ0v) is 11.5. The van der Waals surface area contributed by atoms with Gasteiger partial charge in [0, 0.05) is 25.2 Å². The maximum atomic E-state index is 3.68. The Morgan fingerprint density at radius 3 is 2.56 bits per heavy atom. The van der Waals surface area contributed by atoms with E-state index in [-0.39, 0.29) is 0 Å². The molecule has 2 atom stereocenters. The van der Waals surface area contributed by atoms with Crippen LogP contribution in [0.1, 0.15) is 59.3 Å². The number of unbranched alkanes of at least 4 members (excludes halogenated alkanes) is 2. The van der Waals surface area contributed by atoms with Gasteiger partial charge >= 0.3 is 0 Å². The second-order valence-corrected chi connectivity index (χ2v) is 5.16. The third kappa shape index (κ3) is 4.42. The summed E-state index contributed by atoms with van der Waals surface area (Å²) in [4.78, 5) is 2.74. The van der Waals surface area contributed by atoms with E-state index >= 15 is 0 Å². The van der Waals surface area contributed by atoms with Crippen molar-refractivity contribution in [3.8, 4) is 0 Å². The summed E-state index contributed by atoms with van der Waals surface area (Å²) in [6.07, 6.45) is 8.04. The van der Waals surface area contributed by atoms with Gasteiger partial charge in [0.25, 0.3) is 0 Å². The van der Waals surface area contributed by atoms with Crippen LogP contribution in [0.3, 0.4) is 0 Å². The number of hydrogen-bond donors (Lipinski definition) is 1. The lowest BCUT2D eigenvalue weighted by atomic mass is 10.0. The fraction of sp³-hybridized carbons (Fsp3) is 1.00. The molecule has 2 heteroatoms. The van der Waals surface area contributed by atoms with E-state index in [1.54, 1.807) is 0 Å². The molecular formula is C14H30N2. The Bertz CT molecular complexity index is 170. The number of hydrogen-bond acceptors (Lipinski definition) is 2. The minimum atomic E-state index is 0.731. The Hall–Kier alpha value is -0.0800. The van der Waals surface area contributed by atoms with Crippen LogP contribution in [-0.4, -0.2) is 36.6 Å². The van der Waals surface area contributed by atoms with Crippen molar-refractivity contribution in [1.29, 1.82) is 0 Å². The SMILES string of the molecule is CCCCCN1CC(CC)NCC1CCC. The minimum absolute atomic E-state index is 0.731. The number of nitrogens with one attached hydrogen (secondary N) is 1. The first-order valence-corrected chi connectivity index (χ1v) is 7.29. The largest absolute Gasteiger partial charge is 0.311 e. The van der Waals surface area contributed by atoms with Gasteiger partial charge in [-0.05, 0) is 25.8 Å². The van der Waals surface area contributed by atoms with Gasteiger partial charge in [-0.25, -0.2) is 0 Å². The molecule has 0 aliphatic carbocycles. The zero-order chi connectivity index (χ0) is 11.8. The molecule has 1 rings (SSSR count). The average Bonchev–Trinajstić information content (AvgIpc) is 2.31. The van der Waals surface area contributed by atoms with Crippen LogP contribution < -0.4 is 5.32 Å². The van der Waals surface area contributed by atoms with Crippen LogP contribution in [0.5, 0.6) is 0 Å².